The molecule has 1 fully saturated rings. The van der Waals surface area contributed by atoms with Crippen LogP contribution in [0.4, 0.5) is 5.82 Å². The molecule has 0 bridgehead atoms. The molecule has 1 saturated carbocycles. The second-order valence-corrected chi connectivity index (χ2v) is 5.26. The predicted molar refractivity (Wildman–Crippen MR) is 75.0 cm³/mol. The Morgan fingerprint density at radius 2 is 1.94 bits per heavy atom. The average Bonchev–Trinajstić information content (AvgIpc) is 2.46. The molecule has 0 unspecified atom stereocenters. The van der Waals surface area contributed by atoms with E-state index in [1.54, 1.807) is 13.3 Å². The third-order valence-corrected chi connectivity index (χ3v) is 4.09. The van der Waals surface area contributed by atoms with Crippen LogP contribution in [0.2, 0.25) is 0 Å². The van der Waals surface area contributed by atoms with Crippen molar-refractivity contribution in [1.82, 2.24) is 4.98 Å². The monoisotopic (exact) mass is 248 g/mol. The molecule has 3 nitrogen and oxygen atoms in total. The zero-order valence-electron chi connectivity index (χ0n) is 11.5. The summed E-state index contributed by atoms with van der Waals surface area (Å²) in [6, 6.07) is 3.93. The second-order valence-electron chi connectivity index (χ2n) is 5.26. The lowest BCUT2D eigenvalue weighted by atomic mass is 9.81. The van der Waals surface area contributed by atoms with Gasteiger partial charge in [0, 0.05) is 6.54 Å². The van der Waals surface area contributed by atoms with Gasteiger partial charge in [-0.1, -0.05) is 26.2 Å². The molecule has 1 aromatic heterocycles. The first-order valence-electron chi connectivity index (χ1n) is 7.05. The Morgan fingerprint density at radius 3 is 2.50 bits per heavy atom. The van der Waals surface area contributed by atoms with E-state index in [2.05, 4.69) is 17.2 Å². The van der Waals surface area contributed by atoms with E-state index in [0.29, 0.717) is 0 Å². The number of rotatable bonds is 5. The summed E-state index contributed by atoms with van der Waals surface area (Å²) in [7, 11) is 1.66. The SMILES string of the molecule is CCC1CCC(CNc2ccc(OC)cn2)CC1. The molecular formula is C15H24N2O. The molecule has 0 aromatic carbocycles. The summed E-state index contributed by atoms with van der Waals surface area (Å²) >= 11 is 0. The zero-order chi connectivity index (χ0) is 12.8. The third-order valence-electron chi connectivity index (χ3n) is 4.09. The molecule has 0 amide bonds. The lowest BCUT2D eigenvalue weighted by molar-refractivity contribution is 0.278. The number of methoxy groups -OCH3 is 1. The molecule has 3 heteroatoms. The topological polar surface area (TPSA) is 34.1 Å². The van der Waals surface area contributed by atoms with Gasteiger partial charge in [0.15, 0.2) is 0 Å². The van der Waals surface area contributed by atoms with Crippen molar-refractivity contribution in [2.24, 2.45) is 11.8 Å². The molecule has 1 aliphatic rings. The van der Waals surface area contributed by atoms with E-state index in [4.69, 9.17) is 4.74 Å². The fraction of sp³-hybridized carbons (Fsp3) is 0.667. The average molecular weight is 248 g/mol. The molecule has 0 aliphatic heterocycles. The first-order valence-corrected chi connectivity index (χ1v) is 7.05. The van der Waals surface area contributed by atoms with Crippen LogP contribution in [0.15, 0.2) is 18.3 Å². The van der Waals surface area contributed by atoms with Crippen molar-refractivity contribution in [3.63, 3.8) is 0 Å². The van der Waals surface area contributed by atoms with Crippen molar-refractivity contribution in [3.05, 3.63) is 18.3 Å². The minimum absolute atomic E-state index is 0.809. The number of pyridine rings is 1. The maximum atomic E-state index is 5.10. The van der Waals surface area contributed by atoms with Crippen molar-refractivity contribution in [3.8, 4) is 5.75 Å². The van der Waals surface area contributed by atoms with Gasteiger partial charge in [-0.05, 0) is 36.8 Å². The molecule has 1 aliphatic carbocycles. The molecular weight excluding hydrogens is 224 g/mol. The molecule has 0 radical (unpaired) electrons. The highest BCUT2D eigenvalue weighted by molar-refractivity contribution is 5.37. The van der Waals surface area contributed by atoms with Crippen LogP contribution in [-0.4, -0.2) is 18.6 Å². The summed E-state index contributed by atoms with van der Waals surface area (Å²) in [5.74, 6) is 3.55. The van der Waals surface area contributed by atoms with Crippen LogP contribution in [0.5, 0.6) is 5.75 Å². The molecule has 1 heterocycles. The number of hydrogen-bond donors (Lipinski definition) is 1. The van der Waals surface area contributed by atoms with Crippen molar-refractivity contribution < 1.29 is 4.74 Å². The lowest BCUT2D eigenvalue weighted by Crippen LogP contribution is -2.21. The van der Waals surface area contributed by atoms with Crippen molar-refractivity contribution in [2.75, 3.05) is 19.0 Å². The van der Waals surface area contributed by atoms with Gasteiger partial charge in [-0.3, -0.25) is 0 Å². The molecule has 0 atom stereocenters. The van der Waals surface area contributed by atoms with Crippen LogP contribution in [0.1, 0.15) is 39.0 Å². The van der Waals surface area contributed by atoms with E-state index in [1.807, 2.05) is 12.1 Å². The number of aromatic nitrogens is 1. The maximum absolute atomic E-state index is 5.10. The molecule has 1 N–H and O–H groups in total. The minimum Gasteiger partial charge on any atom is -0.495 e. The van der Waals surface area contributed by atoms with Gasteiger partial charge in [-0.15, -0.1) is 0 Å². The number of hydrogen-bond acceptors (Lipinski definition) is 3. The van der Waals surface area contributed by atoms with Gasteiger partial charge in [0.2, 0.25) is 0 Å². The molecule has 0 saturated heterocycles. The fourth-order valence-corrected chi connectivity index (χ4v) is 2.70. The lowest BCUT2D eigenvalue weighted by Gasteiger charge is -2.27. The summed E-state index contributed by atoms with van der Waals surface area (Å²) in [5.41, 5.74) is 0. The molecule has 18 heavy (non-hydrogen) atoms. The van der Waals surface area contributed by atoms with Crippen molar-refractivity contribution in [2.45, 2.75) is 39.0 Å². The highest BCUT2D eigenvalue weighted by Crippen LogP contribution is 2.30. The van der Waals surface area contributed by atoms with Crippen LogP contribution in [0.25, 0.3) is 0 Å². The van der Waals surface area contributed by atoms with E-state index in [1.165, 1.54) is 32.1 Å². The molecule has 2 rings (SSSR count). The second kappa shape index (κ2) is 6.62. The van der Waals surface area contributed by atoms with E-state index in [9.17, 15) is 0 Å². The first kappa shape index (κ1) is 13.2. The molecule has 0 spiro atoms. The Morgan fingerprint density at radius 1 is 1.22 bits per heavy atom. The highest BCUT2D eigenvalue weighted by atomic mass is 16.5. The first-order chi connectivity index (χ1) is 8.81. The van der Waals surface area contributed by atoms with Crippen LogP contribution >= 0.6 is 0 Å². The largest absolute Gasteiger partial charge is 0.495 e. The Labute approximate surface area is 110 Å². The van der Waals surface area contributed by atoms with Gasteiger partial charge in [-0.25, -0.2) is 4.98 Å². The van der Waals surface area contributed by atoms with Crippen LogP contribution in [0, 0.1) is 11.8 Å². The Balaban J connectivity index is 1.74. The Bertz CT molecular complexity index is 342. The molecule has 1 aromatic rings. The number of nitrogens with one attached hydrogen (secondary N) is 1. The van der Waals surface area contributed by atoms with Crippen LogP contribution in [0.3, 0.4) is 0 Å². The number of nitrogens with zero attached hydrogens (tertiary/aromatic N) is 1. The predicted octanol–water partition coefficient (Wildman–Crippen LogP) is 3.72. The zero-order valence-corrected chi connectivity index (χ0v) is 11.5. The summed E-state index contributed by atoms with van der Waals surface area (Å²) < 4.78 is 5.10. The van der Waals surface area contributed by atoms with Crippen molar-refractivity contribution >= 4 is 5.82 Å². The number of ether oxygens (including phenoxy) is 1. The van der Waals surface area contributed by atoms with Gasteiger partial charge >= 0.3 is 0 Å². The summed E-state index contributed by atoms with van der Waals surface area (Å²) in [6.45, 7) is 3.36. The van der Waals surface area contributed by atoms with E-state index >= 15 is 0 Å². The van der Waals surface area contributed by atoms with Gasteiger partial charge in [0.1, 0.15) is 11.6 Å². The normalized spacial score (nSPS) is 23.7. The standard InChI is InChI=1S/C15H24N2O/c1-3-12-4-6-13(7-5-12)10-16-15-9-8-14(18-2)11-17-15/h8-9,11-13H,3-7,10H2,1-2H3,(H,16,17). The van der Waals surface area contributed by atoms with Gasteiger partial charge in [0.05, 0.1) is 13.3 Å². The van der Waals surface area contributed by atoms with E-state index in [-0.39, 0.29) is 0 Å². The van der Waals surface area contributed by atoms with Crippen molar-refractivity contribution in [1.29, 1.82) is 0 Å². The number of anilines is 1. The highest BCUT2D eigenvalue weighted by Gasteiger charge is 2.19. The summed E-state index contributed by atoms with van der Waals surface area (Å²) in [4.78, 5) is 4.33. The minimum atomic E-state index is 0.809. The maximum Gasteiger partial charge on any atom is 0.137 e. The van der Waals surface area contributed by atoms with E-state index < -0.39 is 0 Å². The van der Waals surface area contributed by atoms with E-state index in [0.717, 1.165) is 29.9 Å². The van der Waals surface area contributed by atoms with Crippen LogP contribution < -0.4 is 10.1 Å². The summed E-state index contributed by atoms with van der Waals surface area (Å²) in [5, 5.41) is 3.43. The Kier molecular flexibility index (Phi) is 4.85. The quantitative estimate of drug-likeness (QED) is 0.862. The Hall–Kier alpha value is -1.25. The fourth-order valence-electron chi connectivity index (χ4n) is 2.70. The summed E-state index contributed by atoms with van der Waals surface area (Å²) in [6.07, 6.45) is 8.64. The van der Waals surface area contributed by atoms with Gasteiger partial charge in [0.25, 0.3) is 0 Å². The molecule has 100 valence electrons. The smallest absolute Gasteiger partial charge is 0.137 e. The van der Waals surface area contributed by atoms with Gasteiger partial charge < -0.3 is 10.1 Å². The third kappa shape index (κ3) is 3.62. The van der Waals surface area contributed by atoms with Crippen LogP contribution in [-0.2, 0) is 0 Å². The van der Waals surface area contributed by atoms with Gasteiger partial charge in [-0.2, -0.15) is 0 Å².